The second-order valence-electron chi connectivity index (χ2n) is 8.59. The van der Waals surface area contributed by atoms with Gasteiger partial charge in [-0.25, -0.2) is 0 Å². The van der Waals surface area contributed by atoms with E-state index in [1.807, 2.05) is 48.5 Å². The lowest BCUT2D eigenvalue weighted by molar-refractivity contribution is -0.129. The molecule has 23 heavy (non-hydrogen) atoms. The molecule has 0 spiro atoms. The lowest BCUT2D eigenvalue weighted by Crippen LogP contribution is -2.32. The summed E-state index contributed by atoms with van der Waals surface area (Å²) in [5.41, 5.74) is -0.925. The minimum Gasteiger partial charge on any atom is -0.375 e. The molecule has 0 fully saturated rings. The first-order chi connectivity index (χ1) is 10.3. The number of ether oxygens (including phenoxy) is 2. The van der Waals surface area contributed by atoms with Gasteiger partial charge >= 0.3 is 0 Å². The summed E-state index contributed by atoms with van der Waals surface area (Å²) in [4.78, 5) is 23.0. The molecule has 0 aromatic carbocycles. The van der Waals surface area contributed by atoms with Gasteiger partial charge in [0, 0.05) is 18.3 Å². The lowest BCUT2D eigenvalue weighted by atomic mass is 9.86. The van der Waals surface area contributed by atoms with E-state index in [-0.39, 0.29) is 28.2 Å². The van der Waals surface area contributed by atoms with Crippen molar-refractivity contribution in [3.63, 3.8) is 0 Å². The fourth-order valence-corrected chi connectivity index (χ4v) is 1.98. The molecule has 0 aliphatic rings. The normalized spacial score (nSPS) is 13.2. The fraction of sp³-hybridized carbons (Fsp3) is 0.895. The van der Waals surface area contributed by atoms with Crippen LogP contribution >= 0.6 is 0 Å². The number of rotatable bonds is 11. The lowest BCUT2D eigenvalue weighted by Gasteiger charge is -2.30. The summed E-state index contributed by atoms with van der Waals surface area (Å²) in [7, 11) is 0. The molecular formula is C19H36O4. The molecule has 4 nitrogen and oxygen atoms in total. The molecule has 0 amide bonds. The van der Waals surface area contributed by atoms with Gasteiger partial charge in [0.15, 0.2) is 0 Å². The van der Waals surface area contributed by atoms with E-state index in [2.05, 4.69) is 0 Å². The van der Waals surface area contributed by atoms with Crippen molar-refractivity contribution >= 4 is 11.6 Å². The zero-order valence-corrected chi connectivity index (χ0v) is 16.4. The molecule has 0 aromatic heterocycles. The van der Waals surface area contributed by atoms with Gasteiger partial charge in [0.25, 0.3) is 0 Å². The highest BCUT2D eigenvalue weighted by Gasteiger charge is 2.26. The van der Waals surface area contributed by atoms with Crippen LogP contribution in [0.4, 0.5) is 0 Å². The van der Waals surface area contributed by atoms with E-state index in [0.717, 1.165) is 6.42 Å². The van der Waals surface area contributed by atoms with Gasteiger partial charge in [-0.1, -0.05) is 20.8 Å². The van der Waals surface area contributed by atoms with E-state index in [1.165, 1.54) is 0 Å². The second kappa shape index (κ2) is 8.93. The fourth-order valence-electron chi connectivity index (χ4n) is 1.98. The molecule has 0 atom stereocenters. The van der Waals surface area contributed by atoms with Crippen LogP contribution in [0, 0.1) is 5.41 Å². The van der Waals surface area contributed by atoms with Crippen LogP contribution in [0.3, 0.4) is 0 Å². The summed E-state index contributed by atoms with van der Waals surface area (Å²) in [6, 6.07) is 0. The molecule has 4 heteroatoms. The Morgan fingerprint density at radius 1 is 0.739 bits per heavy atom. The largest absolute Gasteiger partial charge is 0.375 e. The number of hydrogen-bond acceptors (Lipinski definition) is 4. The van der Waals surface area contributed by atoms with Crippen LogP contribution in [0.2, 0.25) is 0 Å². The first-order valence-electron chi connectivity index (χ1n) is 8.56. The Balaban J connectivity index is 4.13. The second-order valence-corrected chi connectivity index (χ2v) is 8.59. The van der Waals surface area contributed by atoms with E-state index in [9.17, 15) is 9.59 Å². The number of ketones is 2. The maximum Gasteiger partial charge on any atom is 0.138 e. The number of carbonyl (C=O) groups excluding carboxylic acids is 2. The predicted molar refractivity (Wildman–Crippen MR) is 93.7 cm³/mol. The molecule has 0 radical (unpaired) electrons. The monoisotopic (exact) mass is 328 g/mol. The average molecular weight is 328 g/mol. The number of carbonyl (C=O) groups is 2. The Morgan fingerprint density at radius 3 is 1.70 bits per heavy atom. The van der Waals surface area contributed by atoms with E-state index < -0.39 is 0 Å². The molecule has 0 aromatic rings. The summed E-state index contributed by atoms with van der Waals surface area (Å²) in [5, 5.41) is 0. The van der Waals surface area contributed by atoms with Crippen molar-refractivity contribution in [3.8, 4) is 0 Å². The van der Waals surface area contributed by atoms with Crippen molar-refractivity contribution in [2.75, 3.05) is 13.2 Å². The maximum atomic E-state index is 12.0. The van der Waals surface area contributed by atoms with Gasteiger partial charge < -0.3 is 9.47 Å². The maximum absolute atomic E-state index is 12.0. The van der Waals surface area contributed by atoms with Crippen molar-refractivity contribution in [2.45, 2.75) is 92.3 Å². The molecule has 0 bridgehead atoms. The van der Waals surface area contributed by atoms with Crippen molar-refractivity contribution in [1.29, 1.82) is 0 Å². The van der Waals surface area contributed by atoms with Gasteiger partial charge in [-0.05, 0) is 47.5 Å². The quantitative estimate of drug-likeness (QED) is 0.566. The van der Waals surface area contributed by atoms with Gasteiger partial charge in [0.05, 0.1) is 24.4 Å². The Kier molecular flexibility index (Phi) is 8.64. The molecule has 0 aliphatic carbocycles. The molecule has 0 saturated heterocycles. The van der Waals surface area contributed by atoms with Gasteiger partial charge in [-0.3, -0.25) is 9.59 Å². The minimum absolute atomic E-state index is 0.140. The van der Waals surface area contributed by atoms with Crippen LogP contribution in [0.25, 0.3) is 0 Å². The summed E-state index contributed by atoms with van der Waals surface area (Å²) in [6.07, 6.45) is 2.45. The van der Waals surface area contributed by atoms with Gasteiger partial charge in [-0.2, -0.15) is 0 Å². The number of Topliss-reactive ketones (excluding diaryl/α,β-unsaturated/α-hetero) is 2. The first-order valence-corrected chi connectivity index (χ1v) is 8.56. The Morgan fingerprint density at radius 2 is 1.22 bits per heavy atom. The summed E-state index contributed by atoms with van der Waals surface area (Å²) in [6.45, 7) is 16.5. The predicted octanol–water partition coefficient (Wildman–Crippen LogP) is 4.34. The summed E-state index contributed by atoms with van der Waals surface area (Å²) in [5.74, 6) is 0.406. The van der Waals surface area contributed by atoms with E-state index >= 15 is 0 Å². The van der Waals surface area contributed by atoms with E-state index in [0.29, 0.717) is 32.5 Å². The summed E-state index contributed by atoms with van der Waals surface area (Å²) >= 11 is 0. The zero-order valence-electron chi connectivity index (χ0n) is 16.4. The molecule has 0 N–H and O–H groups in total. The third-order valence-corrected chi connectivity index (χ3v) is 3.93. The molecule has 0 aliphatic heterocycles. The smallest absolute Gasteiger partial charge is 0.138 e. The highest BCUT2D eigenvalue weighted by atomic mass is 16.5. The molecule has 0 saturated carbocycles. The van der Waals surface area contributed by atoms with Gasteiger partial charge in [-0.15, -0.1) is 0 Å². The Bertz CT molecular complexity index is 389. The van der Waals surface area contributed by atoms with Crippen LogP contribution in [-0.4, -0.2) is 36.0 Å². The zero-order chi connectivity index (χ0) is 18.3. The summed E-state index contributed by atoms with van der Waals surface area (Å²) < 4.78 is 11.7. The Labute approximate surface area is 142 Å². The average Bonchev–Trinajstić information content (AvgIpc) is 2.33. The molecular weight excluding hydrogens is 292 g/mol. The SMILES string of the molecule is CC(=O)CCOC(C)(C)CCOC(C)(C)CCC(=O)C(C)(C)C. The van der Waals surface area contributed by atoms with Crippen LogP contribution in [0.1, 0.15) is 81.1 Å². The van der Waals surface area contributed by atoms with Crippen molar-refractivity contribution in [1.82, 2.24) is 0 Å². The van der Waals surface area contributed by atoms with Crippen LogP contribution in [-0.2, 0) is 19.1 Å². The first kappa shape index (κ1) is 22.3. The third kappa shape index (κ3) is 11.4. The molecule has 0 heterocycles. The standard InChI is InChI=1S/C19H36O4/c1-15(20)10-13-22-19(7,8)12-14-23-18(5,6)11-9-16(21)17(2,3)4/h9-14H2,1-8H3. The Hall–Kier alpha value is -0.740. The van der Waals surface area contributed by atoms with Crippen LogP contribution in [0.5, 0.6) is 0 Å². The number of hydrogen-bond donors (Lipinski definition) is 0. The highest BCUT2D eigenvalue weighted by molar-refractivity contribution is 5.83. The molecule has 0 rings (SSSR count). The molecule has 0 unspecified atom stereocenters. The van der Waals surface area contributed by atoms with E-state index in [1.54, 1.807) is 6.92 Å². The van der Waals surface area contributed by atoms with Crippen molar-refractivity contribution in [3.05, 3.63) is 0 Å². The van der Waals surface area contributed by atoms with Crippen LogP contribution in [0.15, 0.2) is 0 Å². The topological polar surface area (TPSA) is 52.6 Å². The van der Waals surface area contributed by atoms with Crippen molar-refractivity contribution in [2.24, 2.45) is 5.41 Å². The minimum atomic E-state index is -0.323. The van der Waals surface area contributed by atoms with Gasteiger partial charge in [0.2, 0.25) is 0 Å². The van der Waals surface area contributed by atoms with Gasteiger partial charge in [0.1, 0.15) is 11.6 Å². The molecule has 136 valence electrons. The third-order valence-electron chi connectivity index (χ3n) is 3.93. The highest BCUT2D eigenvalue weighted by Crippen LogP contribution is 2.24. The van der Waals surface area contributed by atoms with E-state index in [4.69, 9.17) is 9.47 Å². The van der Waals surface area contributed by atoms with Crippen LogP contribution < -0.4 is 0 Å². The van der Waals surface area contributed by atoms with Crippen molar-refractivity contribution < 1.29 is 19.1 Å².